The third-order valence-corrected chi connectivity index (χ3v) is 3.63. The van der Waals surface area contributed by atoms with Gasteiger partial charge in [-0.2, -0.15) is 11.8 Å². The highest BCUT2D eigenvalue weighted by Gasteiger charge is 2.00. The van der Waals surface area contributed by atoms with Crippen molar-refractivity contribution in [3.8, 4) is 0 Å². The number of rotatable bonds is 10. The van der Waals surface area contributed by atoms with E-state index in [0.29, 0.717) is 6.61 Å². The van der Waals surface area contributed by atoms with Crippen LogP contribution in [0.1, 0.15) is 30.4 Å². The van der Waals surface area contributed by atoms with Crippen molar-refractivity contribution in [2.45, 2.75) is 32.4 Å². The SMILES string of the molecule is COCc1ccccc1CNCCCCCSC. The van der Waals surface area contributed by atoms with Crippen molar-refractivity contribution in [2.24, 2.45) is 0 Å². The van der Waals surface area contributed by atoms with Crippen LogP contribution in [0.25, 0.3) is 0 Å². The van der Waals surface area contributed by atoms with E-state index in [1.165, 1.54) is 36.1 Å². The van der Waals surface area contributed by atoms with Crippen LogP contribution in [0.2, 0.25) is 0 Å². The Balaban J connectivity index is 2.18. The molecule has 1 aromatic carbocycles. The monoisotopic (exact) mass is 267 g/mol. The predicted octanol–water partition coefficient (Wildman–Crippen LogP) is 3.46. The standard InChI is InChI=1S/C15H25NOS/c1-17-13-15-9-5-4-8-14(15)12-16-10-6-3-7-11-18-2/h4-5,8-9,16H,3,6-7,10-13H2,1-2H3. The normalized spacial score (nSPS) is 10.8. The molecule has 0 spiro atoms. The van der Waals surface area contributed by atoms with Crippen LogP contribution < -0.4 is 5.32 Å². The lowest BCUT2D eigenvalue weighted by molar-refractivity contribution is 0.184. The fourth-order valence-electron chi connectivity index (χ4n) is 1.92. The van der Waals surface area contributed by atoms with E-state index in [1.807, 2.05) is 11.8 Å². The van der Waals surface area contributed by atoms with Gasteiger partial charge in [-0.3, -0.25) is 0 Å². The molecule has 0 amide bonds. The van der Waals surface area contributed by atoms with Crippen LogP contribution in [0, 0.1) is 0 Å². The van der Waals surface area contributed by atoms with Crippen molar-refractivity contribution < 1.29 is 4.74 Å². The molecule has 2 nitrogen and oxygen atoms in total. The number of benzene rings is 1. The van der Waals surface area contributed by atoms with Gasteiger partial charge in [0.2, 0.25) is 0 Å². The molecule has 1 rings (SSSR count). The van der Waals surface area contributed by atoms with E-state index in [-0.39, 0.29) is 0 Å². The summed E-state index contributed by atoms with van der Waals surface area (Å²) >= 11 is 1.94. The van der Waals surface area contributed by atoms with Crippen LogP contribution in [-0.2, 0) is 17.9 Å². The van der Waals surface area contributed by atoms with Crippen molar-refractivity contribution >= 4 is 11.8 Å². The maximum atomic E-state index is 5.21. The largest absolute Gasteiger partial charge is 0.380 e. The first-order valence-electron chi connectivity index (χ1n) is 6.64. The van der Waals surface area contributed by atoms with E-state index in [4.69, 9.17) is 4.74 Å². The summed E-state index contributed by atoms with van der Waals surface area (Å²) in [6, 6.07) is 8.48. The summed E-state index contributed by atoms with van der Waals surface area (Å²) < 4.78 is 5.21. The Bertz CT molecular complexity index is 317. The minimum absolute atomic E-state index is 0.700. The highest BCUT2D eigenvalue weighted by Crippen LogP contribution is 2.09. The Hall–Kier alpha value is -0.510. The molecule has 3 heteroatoms. The van der Waals surface area contributed by atoms with Gasteiger partial charge in [0.05, 0.1) is 6.61 Å². The fraction of sp³-hybridized carbons (Fsp3) is 0.600. The van der Waals surface area contributed by atoms with Gasteiger partial charge in [0.15, 0.2) is 0 Å². The molecule has 0 radical (unpaired) electrons. The molecule has 0 bridgehead atoms. The summed E-state index contributed by atoms with van der Waals surface area (Å²) in [6.07, 6.45) is 6.11. The molecule has 0 aromatic heterocycles. The Morgan fingerprint density at radius 1 is 1.11 bits per heavy atom. The molecule has 0 aliphatic heterocycles. The van der Waals surface area contributed by atoms with Gasteiger partial charge in [0.25, 0.3) is 0 Å². The number of methoxy groups -OCH3 is 1. The Morgan fingerprint density at radius 3 is 2.61 bits per heavy atom. The Morgan fingerprint density at radius 2 is 1.89 bits per heavy atom. The topological polar surface area (TPSA) is 21.3 Å². The number of ether oxygens (including phenoxy) is 1. The lowest BCUT2D eigenvalue weighted by Gasteiger charge is -2.09. The van der Waals surface area contributed by atoms with Crippen molar-refractivity contribution in [2.75, 3.05) is 25.7 Å². The first kappa shape index (κ1) is 15.5. The van der Waals surface area contributed by atoms with E-state index in [1.54, 1.807) is 7.11 Å². The van der Waals surface area contributed by atoms with E-state index >= 15 is 0 Å². The van der Waals surface area contributed by atoms with E-state index in [9.17, 15) is 0 Å². The molecule has 1 N–H and O–H groups in total. The average Bonchev–Trinajstić information content (AvgIpc) is 2.40. The van der Waals surface area contributed by atoms with Gasteiger partial charge >= 0.3 is 0 Å². The van der Waals surface area contributed by atoms with Gasteiger partial charge in [-0.05, 0) is 42.5 Å². The first-order chi connectivity index (χ1) is 8.88. The van der Waals surface area contributed by atoms with Crippen LogP contribution in [-0.4, -0.2) is 25.7 Å². The highest BCUT2D eigenvalue weighted by molar-refractivity contribution is 7.98. The van der Waals surface area contributed by atoms with Crippen molar-refractivity contribution in [3.63, 3.8) is 0 Å². The second-order valence-corrected chi connectivity index (χ2v) is 5.42. The van der Waals surface area contributed by atoms with Crippen LogP contribution in [0.3, 0.4) is 0 Å². The first-order valence-corrected chi connectivity index (χ1v) is 8.03. The summed E-state index contributed by atoms with van der Waals surface area (Å²) in [5, 5.41) is 3.52. The molecule has 0 saturated carbocycles. The lowest BCUT2D eigenvalue weighted by Crippen LogP contribution is -2.16. The van der Waals surface area contributed by atoms with Crippen LogP contribution in [0.4, 0.5) is 0 Å². The number of unbranched alkanes of at least 4 members (excludes halogenated alkanes) is 2. The molecular weight excluding hydrogens is 242 g/mol. The quantitative estimate of drug-likeness (QED) is 0.656. The second kappa shape index (κ2) is 10.4. The average molecular weight is 267 g/mol. The van der Waals surface area contributed by atoms with Gasteiger partial charge in [-0.15, -0.1) is 0 Å². The summed E-state index contributed by atoms with van der Waals surface area (Å²) in [5.74, 6) is 1.29. The second-order valence-electron chi connectivity index (χ2n) is 4.43. The van der Waals surface area contributed by atoms with Crippen molar-refractivity contribution in [1.29, 1.82) is 0 Å². The molecule has 102 valence electrons. The Labute approximate surface area is 116 Å². The Kier molecular flexibility index (Phi) is 9.00. The summed E-state index contributed by atoms with van der Waals surface area (Å²) in [5.41, 5.74) is 2.64. The molecule has 1 aromatic rings. The lowest BCUT2D eigenvalue weighted by atomic mass is 10.1. The zero-order chi connectivity index (χ0) is 13.1. The third-order valence-electron chi connectivity index (χ3n) is 2.94. The van der Waals surface area contributed by atoms with Gasteiger partial charge in [0.1, 0.15) is 0 Å². The maximum Gasteiger partial charge on any atom is 0.0716 e. The molecule has 0 unspecified atom stereocenters. The van der Waals surface area contributed by atoms with Crippen molar-refractivity contribution in [1.82, 2.24) is 5.32 Å². The fourth-order valence-corrected chi connectivity index (χ4v) is 2.42. The van der Waals surface area contributed by atoms with Gasteiger partial charge < -0.3 is 10.1 Å². The smallest absolute Gasteiger partial charge is 0.0716 e. The number of nitrogens with one attached hydrogen (secondary N) is 1. The molecule has 0 atom stereocenters. The molecular formula is C15H25NOS. The molecule has 18 heavy (non-hydrogen) atoms. The van der Waals surface area contributed by atoms with Gasteiger partial charge in [-0.25, -0.2) is 0 Å². The zero-order valence-electron chi connectivity index (χ0n) is 11.6. The minimum Gasteiger partial charge on any atom is -0.380 e. The molecule has 0 heterocycles. The summed E-state index contributed by atoms with van der Waals surface area (Å²) in [6.45, 7) is 2.75. The molecule has 0 saturated heterocycles. The molecule has 0 fully saturated rings. The van der Waals surface area contributed by atoms with Crippen molar-refractivity contribution in [3.05, 3.63) is 35.4 Å². The van der Waals surface area contributed by atoms with Crippen LogP contribution in [0.5, 0.6) is 0 Å². The minimum atomic E-state index is 0.700. The van der Waals surface area contributed by atoms with Gasteiger partial charge in [-0.1, -0.05) is 30.7 Å². The summed E-state index contributed by atoms with van der Waals surface area (Å²) in [4.78, 5) is 0. The molecule has 0 aliphatic carbocycles. The molecule has 0 aliphatic rings. The highest BCUT2D eigenvalue weighted by atomic mass is 32.2. The maximum absolute atomic E-state index is 5.21. The van der Waals surface area contributed by atoms with Gasteiger partial charge in [0, 0.05) is 13.7 Å². The summed E-state index contributed by atoms with van der Waals surface area (Å²) in [7, 11) is 1.75. The third kappa shape index (κ3) is 6.43. The zero-order valence-corrected chi connectivity index (χ0v) is 12.4. The number of thioether (sulfide) groups is 1. The predicted molar refractivity (Wildman–Crippen MR) is 81.1 cm³/mol. The van der Waals surface area contributed by atoms with E-state index < -0.39 is 0 Å². The van der Waals surface area contributed by atoms with Crippen LogP contribution in [0.15, 0.2) is 24.3 Å². The number of hydrogen-bond acceptors (Lipinski definition) is 3. The van der Waals surface area contributed by atoms with E-state index in [2.05, 4.69) is 35.8 Å². The number of hydrogen-bond donors (Lipinski definition) is 1. The van der Waals surface area contributed by atoms with Crippen LogP contribution >= 0.6 is 11.8 Å². The van der Waals surface area contributed by atoms with E-state index in [0.717, 1.165) is 13.1 Å².